The number of amides is 1. The highest BCUT2D eigenvalue weighted by atomic mass is 79.9. The number of carbonyl (C=O) groups excluding carboxylic acids is 1. The van der Waals surface area contributed by atoms with Gasteiger partial charge in [-0.05, 0) is 24.3 Å². The van der Waals surface area contributed by atoms with E-state index >= 15 is 0 Å². The van der Waals surface area contributed by atoms with Gasteiger partial charge in [-0.15, -0.1) is 0 Å². The maximum Gasteiger partial charge on any atom is 0.222 e. The van der Waals surface area contributed by atoms with Crippen molar-refractivity contribution in [3.05, 3.63) is 28.7 Å². The minimum atomic E-state index is -0.229. The van der Waals surface area contributed by atoms with Crippen LogP contribution < -0.4 is 15.8 Å². The minimum absolute atomic E-state index is 0.0864. The molecule has 1 atom stereocenters. The molecular formula is C13H19BrN2O3. The van der Waals surface area contributed by atoms with Crippen LogP contribution in [0.5, 0.6) is 5.75 Å². The normalized spacial score (nSPS) is 11.9. The molecule has 0 aliphatic carbocycles. The van der Waals surface area contributed by atoms with Crippen molar-refractivity contribution in [1.29, 1.82) is 0 Å². The Morgan fingerprint density at radius 2 is 2.11 bits per heavy atom. The molecule has 0 spiro atoms. The standard InChI is InChI=1S/C13H19BrN2O3/c1-18-12(9-15)8-13(17)16-6-7-19-11-4-2-10(14)3-5-11/h2-5,12H,6-9,15H2,1H3,(H,16,17). The molecule has 0 bridgehead atoms. The van der Waals surface area contributed by atoms with Crippen LogP contribution in [0.4, 0.5) is 0 Å². The minimum Gasteiger partial charge on any atom is -0.492 e. The Morgan fingerprint density at radius 1 is 1.42 bits per heavy atom. The first-order valence-corrected chi connectivity index (χ1v) is 6.83. The molecule has 0 saturated carbocycles. The van der Waals surface area contributed by atoms with Gasteiger partial charge >= 0.3 is 0 Å². The van der Waals surface area contributed by atoms with Gasteiger partial charge in [0.25, 0.3) is 0 Å². The van der Waals surface area contributed by atoms with E-state index in [4.69, 9.17) is 15.2 Å². The summed E-state index contributed by atoms with van der Waals surface area (Å²) in [4.78, 5) is 11.5. The van der Waals surface area contributed by atoms with Crippen LogP contribution in [0.25, 0.3) is 0 Å². The van der Waals surface area contributed by atoms with Crippen molar-refractivity contribution in [2.45, 2.75) is 12.5 Å². The summed E-state index contributed by atoms with van der Waals surface area (Å²) in [6, 6.07) is 7.53. The fourth-order valence-corrected chi connectivity index (χ4v) is 1.70. The van der Waals surface area contributed by atoms with E-state index in [1.807, 2.05) is 24.3 Å². The van der Waals surface area contributed by atoms with Crippen LogP contribution in [0, 0.1) is 0 Å². The lowest BCUT2D eigenvalue weighted by molar-refractivity contribution is -0.123. The van der Waals surface area contributed by atoms with Crippen LogP contribution in [0.1, 0.15) is 6.42 Å². The van der Waals surface area contributed by atoms with Crippen molar-refractivity contribution in [3.8, 4) is 5.75 Å². The topological polar surface area (TPSA) is 73.6 Å². The molecule has 0 aliphatic rings. The van der Waals surface area contributed by atoms with E-state index < -0.39 is 0 Å². The number of nitrogens with one attached hydrogen (secondary N) is 1. The molecule has 1 aromatic carbocycles. The Kier molecular flexibility index (Phi) is 7.47. The van der Waals surface area contributed by atoms with E-state index in [1.54, 1.807) is 7.11 Å². The Labute approximate surface area is 121 Å². The zero-order chi connectivity index (χ0) is 14.1. The SMILES string of the molecule is COC(CN)CC(=O)NCCOc1ccc(Br)cc1. The van der Waals surface area contributed by atoms with Crippen molar-refractivity contribution in [1.82, 2.24) is 5.32 Å². The van der Waals surface area contributed by atoms with Gasteiger partial charge in [-0.2, -0.15) is 0 Å². The summed E-state index contributed by atoms with van der Waals surface area (Å²) in [5, 5.41) is 2.75. The van der Waals surface area contributed by atoms with E-state index in [-0.39, 0.29) is 18.4 Å². The summed E-state index contributed by atoms with van der Waals surface area (Å²) in [7, 11) is 1.54. The third kappa shape index (κ3) is 6.56. The number of nitrogens with two attached hydrogens (primary N) is 1. The lowest BCUT2D eigenvalue weighted by Gasteiger charge is -2.12. The molecule has 106 valence electrons. The number of halogens is 1. The average molecular weight is 331 g/mol. The van der Waals surface area contributed by atoms with E-state index in [0.717, 1.165) is 10.2 Å². The van der Waals surface area contributed by atoms with Crippen LogP contribution in [0.15, 0.2) is 28.7 Å². The highest BCUT2D eigenvalue weighted by Crippen LogP contribution is 2.15. The Bertz CT molecular complexity index is 380. The molecule has 1 amide bonds. The van der Waals surface area contributed by atoms with Gasteiger partial charge in [0, 0.05) is 18.1 Å². The van der Waals surface area contributed by atoms with Crippen LogP contribution in [0.3, 0.4) is 0 Å². The lowest BCUT2D eigenvalue weighted by atomic mass is 10.2. The zero-order valence-electron chi connectivity index (χ0n) is 10.9. The van der Waals surface area contributed by atoms with Gasteiger partial charge in [0.15, 0.2) is 0 Å². The lowest BCUT2D eigenvalue weighted by Crippen LogP contribution is -2.34. The fraction of sp³-hybridized carbons (Fsp3) is 0.462. The van der Waals surface area contributed by atoms with Crippen LogP contribution in [-0.2, 0) is 9.53 Å². The van der Waals surface area contributed by atoms with Crippen molar-refractivity contribution < 1.29 is 14.3 Å². The van der Waals surface area contributed by atoms with Gasteiger partial charge in [0.2, 0.25) is 5.91 Å². The summed E-state index contributed by atoms with van der Waals surface area (Å²) < 4.78 is 11.5. The molecule has 5 nitrogen and oxygen atoms in total. The molecular weight excluding hydrogens is 312 g/mol. The van der Waals surface area contributed by atoms with Gasteiger partial charge in [-0.1, -0.05) is 15.9 Å². The summed E-state index contributed by atoms with van der Waals surface area (Å²) >= 11 is 3.35. The summed E-state index contributed by atoms with van der Waals surface area (Å²) in [5.41, 5.74) is 5.44. The number of benzene rings is 1. The summed E-state index contributed by atoms with van der Waals surface area (Å²) in [6.45, 7) is 1.21. The van der Waals surface area contributed by atoms with Crippen molar-refractivity contribution in [3.63, 3.8) is 0 Å². The number of hydrogen-bond acceptors (Lipinski definition) is 4. The molecule has 6 heteroatoms. The van der Waals surface area contributed by atoms with Crippen molar-refractivity contribution >= 4 is 21.8 Å². The average Bonchev–Trinajstić information content (AvgIpc) is 2.43. The van der Waals surface area contributed by atoms with Gasteiger partial charge in [-0.3, -0.25) is 4.79 Å². The molecule has 1 aromatic rings. The Morgan fingerprint density at radius 3 is 2.68 bits per heavy atom. The highest BCUT2D eigenvalue weighted by Gasteiger charge is 2.10. The molecule has 1 unspecified atom stereocenters. The predicted molar refractivity (Wildman–Crippen MR) is 77.1 cm³/mol. The summed E-state index contributed by atoms with van der Waals surface area (Å²) in [6.07, 6.45) is 0.0399. The number of hydrogen-bond donors (Lipinski definition) is 2. The molecule has 3 N–H and O–H groups in total. The predicted octanol–water partition coefficient (Wildman–Crippen LogP) is 1.31. The Balaban J connectivity index is 2.16. The van der Waals surface area contributed by atoms with Crippen molar-refractivity contribution in [2.24, 2.45) is 5.73 Å². The second-order valence-electron chi connectivity index (χ2n) is 3.95. The van der Waals surface area contributed by atoms with E-state index in [0.29, 0.717) is 19.7 Å². The summed E-state index contributed by atoms with van der Waals surface area (Å²) in [5.74, 6) is 0.686. The van der Waals surface area contributed by atoms with Gasteiger partial charge in [0.05, 0.1) is 19.1 Å². The molecule has 19 heavy (non-hydrogen) atoms. The number of methoxy groups -OCH3 is 1. The largest absolute Gasteiger partial charge is 0.492 e. The van der Waals surface area contributed by atoms with Gasteiger partial charge in [0.1, 0.15) is 12.4 Å². The maximum absolute atomic E-state index is 11.5. The third-order valence-electron chi connectivity index (χ3n) is 2.52. The molecule has 0 aliphatic heterocycles. The molecule has 0 aromatic heterocycles. The third-order valence-corrected chi connectivity index (χ3v) is 3.04. The van der Waals surface area contributed by atoms with Crippen LogP contribution in [-0.4, -0.2) is 38.8 Å². The molecule has 0 heterocycles. The molecule has 1 rings (SSSR count). The highest BCUT2D eigenvalue weighted by molar-refractivity contribution is 9.10. The Hall–Kier alpha value is -1.11. The number of rotatable bonds is 8. The van der Waals surface area contributed by atoms with E-state index in [2.05, 4.69) is 21.2 Å². The van der Waals surface area contributed by atoms with Crippen LogP contribution in [0.2, 0.25) is 0 Å². The van der Waals surface area contributed by atoms with E-state index in [1.165, 1.54) is 0 Å². The van der Waals surface area contributed by atoms with Crippen LogP contribution >= 0.6 is 15.9 Å². The fourth-order valence-electron chi connectivity index (χ4n) is 1.43. The van der Waals surface area contributed by atoms with Crippen molar-refractivity contribution in [2.75, 3.05) is 26.8 Å². The maximum atomic E-state index is 11.5. The first-order valence-electron chi connectivity index (χ1n) is 6.03. The monoisotopic (exact) mass is 330 g/mol. The molecule has 0 radical (unpaired) electrons. The molecule has 0 saturated heterocycles. The first kappa shape index (κ1) is 15.9. The molecule has 0 fully saturated rings. The second kappa shape index (κ2) is 8.90. The quantitative estimate of drug-likeness (QED) is 0.705. The first-order chi connectivity index (χ1) is 9.15. The smallest absolute Gasteiger partial charge is 0.222 e. The zero-order valence-corrected chi connectivity index (χ0v) is 12.5. The van der Waals surface area contributed by atoms with Gasteiger partial charge in [-0.25, -0.2) is 0 Å². The van der Waals surface area contributed by atoms with E-state index in [9.17, 15) is 4.79 Å². The second-order valence-corrected chi connectivity index (χ2v) is 4.87. The van der Waals surface area contributed by atoms with Gasteiger partial charge < -0.3 is 20.5 Å². The number of ether oxygens (including phenoxy) is 2. The number of carbonyl (C=O) groups is 1.